The van der Waals surface area contributed by atoms with E-state index in [4.69, 9.17) is 18.6 Å². The fraction of sp³-hybridized carbons (Fsp3) is 0.379. The molecule has 7 heteroatoms. The lowest BCUT2D eigenvalue weighted by Crippen LogP contribution is -2.44. The van der Waals surface area contributed by atoms with Crippen molar-refractivity contribution in [3.63, 3.8) is 0 Å². The molecule has 1 aliphatic rings. The molecule has 2 atom stereocenters. The number of hydrogen-bond donors (Lipinski definition) is 0. The van der Waals surface area contributed by atoms with Gasteiger partial charge in [-0.2, -0.15) is 0 Å². The van der Waals surface area contributed by atoms with Crippen LogP contribution in [-0.2, 0) is 30.0 Å². The van der Waals surface area contributed by atoms with Crippen LogP contribution in [0.25, 0.3) is 0 Å². The van der Waals surface area contributed by atoms with E-state index in [1.54, 1.807) is 30.3 Å². The summed E-state index contributed by atoms with van der Waals surface area (Å²) in [7, 11) is -2.10. The number of esters is 2. The highest BCUT2D eigenvalue weighted by atomic mass is 28.4. The number of hydrogen-bond acceptors (Lipinski definition) is 6. The highest BCUT2D eigenvalue weighted by Gasteiger charge is 2.42. The van der Waals surface area contributed by atoms with Gasteiger partial charge in [-0.15, -0.1) is 6.58 Å². The Morgan fingerprint density at radius 1 is 1.06 bits per heavy atom. The third-order valence-corrected chi connectivity index (χ3v) is 11.2. The monoisotopic (exact) mass is 508 g/mol. The maximum Gasteiger partial charge on any atom is 0.374 e. The van der Waals surface area contributed by atoms with Crippen molar-refractivity contribution in [3.05, 3.63) is 95.8 Å². The van der Waals surface area contributed by atoms with Crippen LogP contribution in [0.1, 0.15) is 43.1 Å². The first-order chi connectivity index (χ1) is 17.0. The van der Waals surface area contributed by atoms with Crippen molar-refractivity contribution in [2.45, 2.75) is 64.1 Å². The van der Waals surface area contributed by atoms with E-state index >= 15 is 0 Å². The lowest BCUT2D eigenvalue weighted by atomic mass is 10.0. The zero-order valence-electron chi connectivity index (χ0n) is 21.8. The van der Waals surface area contributed by atoms with Crippen molar-refractivity contribution in [3.8, 4) is 0 Å². The van der Waals surface area contributed by atoms with Gasteiger partial charge >= 0.3 is 11.9 Å². The molecule has 2 aromatic carbocycles. The second-order valence-corrected chi connectivity index (χ2v) is 15.1. The minimum Gasteiger partial charge on any atom is -0.482 e. The molecular weight excluding hydrogens is 472 g/mol. The number of rotatable bonds is 11. The quantitative estimate of drug-likeness (QED) is 0.204. The van der Waals surface area contributed by atoms with Crippen LogP contribution in [0.5, 0.6) is 0 Å². The van der Waals surface area contributed by atoms with Gasteiger partial charge in [-0.25, -0.2) is 9.59 Å². The first kappa shape index (κ1) is 27.4. The van der Waals surface area contributed by atoms with Gasteiger partial charge in [0.25, 0.3) is 0 Å². The average molecular weight is 509 g/mol. The zero-order chi connectivity index (χ0) is 26.3. The van der Waals surface area contributed by atoms with E-state index in [9.17, 15) is 9.59 Å². The zero-order valence-corrected chi connectivity index (χ0v) is 22.8. The van der Waals surface area contributed by atoms with Gasteiger partial charge in [0.15, 0.2) is 8.32 Å². The molecule has 2 aromatic rings. The second kappa shape index (κ2) is 11.7. The standard InChI is InChI=1S/C29H36O6Si/c1-7-23(35-36(5,6)29(2,3)4)18-25-24(20-33-27(30)22-16-12-9-13-17-22)26(28(31)34-25)32-19-21-14-10-8-11-15-21/h7-17,23,25H,1,18-20H2,2-6H3/t23-,25-/m1/s1. The van der Waals surface area contributed by atoms with Gasteiger partial charge < -0.3 is 18.6 Å². The molecule has 0 aliphatic carbocycles. The van der Waals surface area contributed by atoms with E-state index in [0.717, 1.165) is 5.56 Å². The minimum atomic E-state index is -2.10. The molecule has 0 N–H and O–H groups in total. The third-order valence-electron chi connectivity index (χ3n) is 6.67. The molecule has 0 saturated heterocycles. The molecule has 3 rings (SSSR count). The van der Waals surface area contributed by atoms with E-state index in [2.05, 4.69) is 40.4 Å². The Morgan fingerprint density at radius 2 is 1.67 bits per heavy atom. The van der Waals surface area contributed by atoms with Crippen LogP contribution in [0.4, 0.5) is 0 Å². The van der Waals surface area contributed by atoms with Gasteiger partial charge in [0, 0.05) is 6.42 Å². The summed E-state index contributed by atoms with van der Waals surface area (Å²) in [5.74, 6) is -0.974. The predicted octanol–water partition coefficient (Wildman–Crippen LogP) is 6.21. The molecule has 1 heterocycles. The lowest BCUT2D eigenvalue weighted by molar-refractivity contribution is -0.143. The van der Waals surface area contributed by atoms with Crippen molar-refractivity contribution in [1.82, 2.24) is 0 Å². The molecule has 0 saturated carbocycles. The normalized spacial score (nSPS) is 16.9. The van der Waals surface area contributed by atoms with Crippen molar-refractivity contribution < 1.29 is 28.2 Å². The molecule has 0 unspecified atom stereocenters. The van der Waals surface area contributed by atoms with E-state index in [0.29, 0.717) is 17.6 Å². The Hall–Kier alpha value is -3.16. The molecule has 192 valence electrons. The van der Waals surface area contributed by atoms with Crippen LogP contribution in [0, 0.1) is 0 Å². The first-order valence-corrected chi connectivity index (χ1v) is 15.1. The number of carbonyl (C=O) groups is 2. The van der Waals surface area contributed by atoms with Gasteiger partial charge in [0.2, 0.25) is 5.76 Å². The molecule has 0 radical (unpaired) electrons. The summed E-state index contributed by atoms with van der Waals surface area (Å²) in [6.07, 6.45) is 1.11. The van der Waals surface area contributed by atoms with Crippen LogP contribution in [0.3, 0.4) is 0 Å². The van der Waals surface area contributed by atoms with E-state index in [1.807, 2.05) is 36.4 Å². The van der Waals surface area contributed by atoms with Gasteiger partial charge in [-0.05, 0) is 35.8 Å². The number of ether oxygens (including phenoxy) is 3. The van der Waals surface area contributed by atoms with Crippen LogP contribution >= 0.6 is 0 Å². The smallest absolute Gasteiger partial charge is 0.374 e. The van der Waals surface area contributed by atoms with E-state index in [-0.39, 0.29) is 30.1 Å². The van der Waals surface area contributed by atoms with Crippen LogP contribution in [-0.4, -0.2) is 39.1 Å². The fourth-order valence-corrected chi connectivity index (χ4v) is 4.82. The Bertz CT molecular complexity index is 1090. The maximum atomic E-state index is 12.8. The highest BCUT2D eigenvalue weighted by Crippen LogP contribution is 2.38. The topological polar surface area (TPSA) is 71.1 Å². The molecule has 0 amide bonds. The first-order valence-electron chi connectivity index (χ1n) is 12.1. The Labute approximate surface area is 215 Å². The Balaban J connectivity index is 1.81. The van der Waals surface area contributed by atoms with Crippen LogP contribution in [0.15, 0.2) is 84.7 Å². The second-order valence-electron chi connectivity index (χ2n) is 10.4. The van der Waals surface area contributed by atoms with Crippen LogP contribution < -0.4 is 0 Å². The highest BCUT2D eigenvalue weighted by molar-refractivity contribution is 6.74. The fourth-order valence-electron chi connectivity index (χ4n) is 3.52. The molecular formula is C29H36O6Si. The van der Waals surface area contributed by atoms with Gasteiger partial charge in [0.1, 0.15) is 19.3 Å². The van der Waals surface area contributed by atoms with Crippen LogP contribution in [0.2, 0.25) is 18.1 Å². The molecule has 6 nitrogen and oxygen atoms in total. The summed E-state index contributed by atoms with van der Waals surface area (Å²) in [6.45, 7) is 14.8. The summed E-state index contributed by atoms with van der Waals surface area (Å²) >= 11 is 0. The minimum absolute atomic E-state index is 0.00838. The number of carbonyl (C=O) groups excluding carboxylic acids is 2. The van der Waals surface area contributed by atoms with Crippen molar-refractivity contribution in [2.24, 2.45) is 0 Å². The van der Waals surface area contributed by atoms with Gasteiger partial charge in [-0.1, -0.05) is 75.4 Å². The molecule has 36 heavy (non-hydrogen) atoms. The molecule has 1 aliphatic heterocycles. The molecule has 0 bridgehead atoms. The van der Waals surface area contributed by atoms with Crippen molar-refractivity contribution in [2.75, 3.05) is 6.61 Å². The van der Waals surface area contributed by atoms with Crippen molar-refractivity contribution >= 4 is 20.3 Å². The van der Waals surface area contributed by atoms with E-state index < -0.39 is 26.4 Å². The molecule has 0 fully saturated rings. The van der Waals surface area contributed by atoms with E-state index in [1.165, 1.54) is 0 Å². The number of benzene rings is 2. The summed E-state index contributed by atoms with van der Waals surface area (Å²) < 4.78 is 23.7. The summed E-state index contributed by atoms with van der Waals surface area (Å²) in [6, 6.07) is 18.3. The molecule has 0 aromatic heterocycles. The largest absolute Gasteiger partial charge is 0.482 e. The lowest BCUT2D eigenvalue weighted by Gasteiger charge is -2.39. The third kappa shape index (κ3) is 6.95. The SMILES string of the molecule is C=C[C@H](C[C@H]1OC(=O)C(OCc2ccccc2)=C1COC(=O)c1ccccc1)O[Si](C)(C)C(C)(C)C. The van der Waals surface area contributed by atoms with Gasteiger partial charge in [0.05, 0.1) is 17.2 Å². The Morgan fingerprint density at radius 3 is 2.25 bits per heavy atom. The van der Waals surface area contributed by atoms with Gasteiger partial charge in [-0.3, -0.25) is 0 Å². The summed E-state index contributed by atoms with van der Waals surface area (Å²) in [5.41, 5.74) is 1.83. The number of cyclic esters (lactones) is 1. The average Bonchev–Trinajstić information content (AvgIpc) is 3.14. The molecule has 0 spiro atoms. The summed E-state index contributed by atoms with van der Waals surface area (Å²) in [5, 5.41) is 0.00838. The van der Waals surface area contributed by atoms with Crippen molar-refractivity contribution in [1.29, 1.82) is 0 Å². The Kier molecular flexibility index (Phi) is 8.92. The maximum absolute atomic E-state index is 12.8. The predicted molar refractivity (Wildman–Crippen MR) is 142 cm³/mol. The summed E-state index contributed by atoms with van der Waals surface area (Å²) in [4.78, 5) is 25.4.